The molecular formula is C8H12O3. The Bertz CT molecular complexity index is 163. The summed E-state index contributed by atoms with van der Waals surface area (Å²) in [6.45, 7) is 0.0610. The summed E-state index contributed by atoms with van der Waals surface area (Å²) in [7, 11) is 1.36. The smallest absolute Gasteiger partial charge is 0.331 e. The lowest BCUT2D eigenvalue weighted by Gasteiger charge is -2.07. The first-order valence-electron chi connectivity index (χ1n) is 3.68. The van der Waals surface area contributed by atoms with Gasteiger partial charge < -0.3 is 9.47 Å². The van der Waals surface area contributed by atoms with Gasteiger partial charge in [-0.1, -0.05) is 12.2 Å². The highest BCUT2D eigenvalue weighted by Gasteiger charge is 2.10. The van der Waals surface area contributed by atoms with E-state index < -0.39 is 0 Å². The number of carbonyl (C=O) groups is 1. The maximum atomic E-state index is 10.6. The lowest BCUT2D eigenvalue weighted by atomic mass is 10.3. The van der Waals surface area contributed by atoms with Gasteiger partial charge in [0.2, 0.25) is 0 Å². The van der Waals surface area contributed by atoms with Crippen molar-refractivity contribution in [2.24, 2.45) is 0 Å². The minimum Gasteiger partial charge on any atom is -0.467 e. The Morgan fingerprint density at radius 1 is 1.73 bits per heavy atom. The molecule has 0 spiro atoms. The number of esters is 1. The van der Waals surface area contributed by atoms with Crippen LogP contribution in [0.4, 0.5) is 0 Å². The molecule has 0 amide bonds. The Balaban J connectivity index is 2.11. The number of ether oxygens (including phenoxy) is 2. The molecule has 0 saturated heterocycles. The van der Waals surface area contributed by atoms with Crippen molar-refractivity contribution in [1.29, 1.82) is 0 Å². The van der Waals surface area contributed by atoms with E-state index in [4.69, 9.17) is 4.74 Å². The van der Waals surface area contributed by atoms with Gasteiger partial charge in [0.15, 0.2) is 0 Å². The largest absolute Gasteiger partial charge is 0.467 e. The Morgan fingerprint density at radius 3 is 3.09 bits per heavy atom. The molecule has 11 heavy (non-hydrogen) atoms. The lowest BCUT2D eigenvalue weighted by molar-refractivity contribution is -0.147. The minimum atomic E-state index is -0.315. The normalized spacial score (nSPS) is 22.1. The SMILES string of the molecule is COC(=O)COC1C=CCC1. The van der Waals surface area contributed by atoms with Crippen LogP contribution in [0.3, 0.4) is 0 Å². The molecule has 0 aromatic heterocycles. The van der Waals surface area contributed by atoms with Gasteiger partial charge >= 0.3 is 5.97 Å². The zero-order valence-electron chi connectivity index (χ0n) is 6.58. The average molecular weight is 156 g/mol. The molecule has 1 unspecified atom stereocenters. The van der Waals surface area contributed by atoms with E-state index in [-0.39, 0.29) is 18.7 Å². The molecule has 3 nitrogen and oxygen atoms in total. The van der Waals surface area contributed by atoms with Crippen molar-refractivity contribution < 1.29 is 14.3 Å². The van der Waals surface area contributed by atoms with Gasteiger partial charge in [-0.05, 0) is 12.8 Å². The number of hydrogen-bond acceptors (Lipinski definition) is 3. The van der Waals surface area contributed by atoms with Crippen molar-refractivity contribution in [3.8, 4) is 0 Å². The standard InChI is InChI=1S/C8H12O3/c1-10-8(9)6-11-7-4-2-3-5-7/h2,4,7H,3,5-6H2,1H3. The molecule has 1 aliphatic rings. The molecule has 62 valence electrons. The van der Waals surface area contributed by atoms with Crippen LogP contribution in [-0.4, -0.2) is 25.8 Å². The second kappa shape index (κ2) is 4.13. The third-order valence-corrected chi connectivity index (χ3v) is 1.61. The van der Waals surface area contributed by atoms with E-state index in [1.165, 1.54) is 7.11 Å². The molecule has 0 aromatic carbocycles. The van der Waals surface area contributed by atoms with Crippen molar-refractivity contribution in [2.45, 2.75) is 18.9 Å². The summed E-state index contributed by atoms with van der Waals surface area (Å²) >= 11 is 0. The van der Waals surface area contributed by atoms with E-state index in [2.05, 4.69) is 10.8 Å². The van der Waals surface area contributed by atoms with Gasteiger partial charge in [-0.2, -0.15) is 0 Å². The maximum absolute atomic E-state index is 10.6. The van der Waals surface area contributed by atoms with Crippen molar-refractivity contribution >= 4 is 5.97 Å². The predicted molar refractivity (Wildman–Crippen MR) is 40.1 cm³/mol. The molecule has 1 atom stereocenters. The van der Waals surface area contributed by atoms with Crippen LogP contribution in [-0.2, 0) is 14.3 Å². The fraction of sp³-hybridized carbons (Fsp3) is 0.625. The zero-order chi connectivity index (χ0) is 8.10. The summed E-state index contributed by atoms with van der Waals surface area (Å²) in [6.07, 6.45) is 6.18. The Kier molecular flexibility index (Phi) is 3.11. The Hall–Kier alpha value is -0.830. The molecule has 1 aliphatic carbocycles. The van der Waals surface area contributed by atoms with Crippen LogP contribution in [0.2, 0.25) is 0 Å². The van der Waals surface area contributed by atoms with Crippen molar-refractivity contribution in [2.75, 3.05) is 13.7 Å². The predicted octanol–water partition coefficient (Wildman–Crippen LogP) is 0.895. The molecule has 1 rings (SSSR count). The first kappa shape index (κ1) is 8.27. The number of methoxy groups -OCH3 is 1. The zero-order valence-corrected chi connectivity index (χ0v) is 6.58. The average Bonchev–Trinajstić information content (AvgIpc) is 2.52. The number of hydrogen-bond donors (Lipinski definition) is 0. The summed E-state index contributed by atoms with van der Waals surface area (Å²) < 4.78 is 9.62. The quantitative estimate of drug-likeness (QED) is 0.449. The van der Waals surface area contributed by atoms with E-state index in [9.17, 15) is 4.79 Å². The van der Waals surface area contributed by atoms with E-state index in [1.54, 1.807) is 0 Å². The molecule has 3 heteroatoms. The van der Waals surface area contributed by atoms with E-state index >= 15 is 0 Å². The van der Waals surface area contributed by atoms with E-state index in [0.29, 0.717) is 0 Å². The van der Waals surface area contributed by atoms with Crippen LogP contribution in [0.15, 0.2) is 12.2 Å². The highest BCUT2D eigenvalue weighted by atomic mass is 16.6. The van der Waals surface area contributed by atoms with E-state index in [1.807, 2.05) is 6.08 Å². The summed E-state index contributed by atoms with van der Waals surface area (Å²) in [5.74, 6) is -0.315. The fourth-order valence-corrected chi connectivity index (χ4v) is 0.978. The van der Waals surface area contributed by atoms with Gasteiger partial charge in [0.1, 0.15) is 6.61 Å². The number of carbonyl (C=O) groups excluding carboxylic acids is 1. The molecule has 0 radical (unpaired) electrons. The van der Waals surface area contributed by atoms with Crippen LogP contribution >= 0.6 is 0 Å². The first-order chi connectivity index (χ1) is 5.33. The highest BCUT2D eigenvalue weighted by Crippen LogP contribution is 2.12. The lowest BCUT2D eigenvalue weighted by Crippen LogP contribution is -2.15. The molecular weight excluding hydrogens is 144 g/mol. The summed E-state index contributed by atoms with van der Waals surface area (Å²) in [6, 6.07) is 0. The van der Waals surface area contributed by atoms with Gasteiger partial charge in [-0.3, -0.25) is 0 Å². The Morgan fingerprint density at radius 2 is 2.55 bits per heavy atom. The van der Waals surface area contributed by atoms with Crippen LogP contribution < -0.4 is 0 Å². The second-order valence-corrected chi connectivity index (χ2v) is 2.43. The fourth-order valence-electron chi connectivity index (χ4n) is 0.978. The van der Waals surface area contributed by atoms with Gasteiger partial charge in [0, 0.05) is 0 Å². The topological polar surface area (TPSA) is 35.5 Å². The molecule has 0 aliphatic heterocycles. The third kappa shape index (κ3) is 2.72. The van der Waals surface area contributed by atoms with Gasteiger partial charge in [0.25, 0.3) is 0 Å². The monoisotopic (exact) mass is 156 g/mol. The van der Waals surface area contributed by atoms with Crippen molar-refractivity contribution in [3.05, 3.63) is 12.2 Å². The highest BCUT2D eigenvalue weighted by molar-refractivity contribution is 5.70. The van der Waals surface area contributed by atoms with Gasteiger partial charge in [0.05, 0.1) is 13.2 Å². The van der Waals surface area contributed by atoms with Crippen LogP contribution in [0, 0.1) is 0 Å². The first-order valence-corrected chi connectivity index (χ1v) is 3.68. The molecule has 0 heterocycles. The second-order valence-electron chi connectivity index (χ2n) is 2.43. The van der Waals surface area contributed by atoms with Crippen LogP contribution in [0.1, 0.15) is 12.8 Å². The number of allylic oxidation sites excluding steroid dienone is 1. The van der Waals surface area contributed by atoms with Crippen LogP contribution in [0.5, 0.6) is 0 Å². The van der Waals surface area contributed by atoms with Crippen LogP contribution in [0.25, 0.3) is 0 Å². The van der Waals surface area contributed by atoms with Gasteiger partial charge in [-0.25, -0.2) is 4.79 Å². The number of rotatable bonds is 3. The molecule has 0 aromatic rings. The maximum Gasteiger partial charge on any atom is 0.331 e. The molecule has 0 fully saturated rings. The molecule has 0 N–H and O–H groups in total. The summed E-state index contributed by atoms with van der Waals surface area (Å²) in [5, 5.41) is 0. The van der Waals surface area contributed by atoms with Gasteiger partial charge in [-0.15, -0.1) is 0 Å². The molecule has 0 bridgehead atoms. The molecule has 0 saturated carbocycles. The minimum absolute atomic E-state index is 0.0610. The summed E-state index contributed by atoms with van der Waals surface area (Å²) in [5.41, 5.74) is 0. The third-order valence-electron chi connectivity index (χ3n) is 1.61. The van der Waals surface area contributed by atoms with E-state index in [0.717, 1.165) is 12.8 Å². The van der Waals surface area contributed by atoms with Crippen molar-refractivity contribution in [1.82, 2.24) is 0 Å². The Labute approximate surface area is 66.0 Å². The summed E-state index contributed by atoms with van der Waals surface area (Å²) in [4.78, 5) is 10.6. The van der Waals surface area contributed by atoms with Crippen molar-refractivity contribution in [3.63, 3.8) is 0 Å².